The monoisotopic (exact) mass is 229 g/mol. The molecule has 0 unspecified atom stereocenters. The molecule has 0 spiro atoms. The van der Waals surface area contributed by atoms with E-state index in [9.17, 15) is 0 Å². The molecule has 1 aliphatic heterocycles. The molecule has 1 aromatic carbocycles. The number of hydrogen-bond donors (Lipinski definition) is 0. The fourth-order valence-electron chi connectivity index (χ4n) is 2.93. The Labute approximate surface area is 99.2 Å². The van der Waals surface area contributed by atoms with Crippen LogP contribution in [-0.2, 0) is 0 Å². The quantitative estimate of drug-likeness (QED) is 0.511. The zero-order valence-corrected chi connectivity index (χ0v) is 10.5. The van der Waals surface area contributed by atoms with E-state index in [0.29, 0.717) is 0 Å². The van der Waals surface area contributed by atoms with Crippen molar-refractivity contribution in [1.82, 2.24) is 0 Å². The molecule has 83 valence electrons. The molecular weight excluding hydrogens is 211 g/mol. The SMILES string of the molecule is C1=c2ccccc2=C(C2CCCCCC2)[P]1. The first kappa shape index (κ1) is 10.5. The summed E-state index contributed by atoms with van der Waals surface area (Å²) in [5.74, 6) is 3.25. The summed E-state index contributed by atoms with van der Waals surface area (Å²) in [4.78, 5) is 0. The van der Waals surface area contributed by atoms with Crippen molar-refractivity contribution in [2.75, 3.05) is 0 Å². The maximum Gasteiger partial charge on any atom is -0.0137 e. The Kier molecular flexibility index (Phi) is 3.11. The van der Waals surface area contributed by atoms with Crippen molar-refractivity contribution in [1.29, 1.82) is 0 Å². The Hall–Kier alpha value is -0.610. The predicted octanol–water partition coefficient (Wildman–Crippen LogP) is 3.46. The average Bonchev–Trinajstić information content (AvgIpc) is 2.57. The van der Waals surface area contributed by atoms with Gasteiger partial charge in [-0.1, -0.05) is 49.9 Å². The molecule has 0 aromatic heterocycles. The van der Waals surface area contributed by atoms with Crippen LogP contribution in [0.4, 0.5) is 0 Å². The van der Waals surface area contributed by atoms with E-state index in [-0.39, 0.29) is 0 Å². The Morgan fingerprint density at radius 1 is 0.938 bits per heavy atom. The van der Waals surface area contributed by atoms with Gasteiger partial charge < -0.3 is 0 Å². The number of hydrogen-bond acceptors (Lipinski definition) is 0. The van der Waals surface area contributed by atoms with Gasteiger partial charge in [0.05, 0.1) is 0 Å². The van der Waals surface area contributed by atoms with Crippen molar-refractivity contribution >= 4 is 19.7 Å². The minimum Gasteiger partial charge on any atom is -0.0616 e. The third kappa shape index (κ3) is 1.96. The lowest BCUT2D eigenvalue weighted by molar-refractivity contribution is 0.581. The van der Waals surface area contributed by atoms with Gasteiger partial charge in [0, 0.05) is 0 Å². The second-order valence-corrected chi connectivity index (χ2v) is 5.92. The van der Waals surface area contributed by atoms with Crippen LogP contribution in [0.3, 0.4) is 0 Å². The van der Waals surface area contributed by atoms with Gasteiger partial charge in [-0.25, -0.2) is 0 Å². The van der Waals surface area contributed by atoms with Crippen LogP contribution < -0.4 is 10.4 Å². The topological polar surface area (TPSA) is 0 Å². The highest BCUT2D eigenvalue weighted by molar-refractivity contribution is 7.58. The van der Waals surface area contributed by atoms with Crippen molar-refractivity contribution in [3.63, 3.8) is 0 Å². The van der Waals surface area contributed by atoms with Gasteiger partial charge in [-0.3, -0.25) is 0 Å². The van der Waals surface area contributed by atoms with Crippen molar-refractivity contribution in [3.05, 3.63) is 34.7 Å². The molecule has 3 rings (SSSR count). The second kappa shape index (κ2) is 4.72. The van der Waals surface area contributed by atoms with Crippen LogP contribution >= 0.6 is 8.58 Å². The van der Waals surface area contributed by atoms with Crippen LogP contribution in [0.15, 0.2) is 24.3 Å². The van der Waals surface area contributed by atoms with Gasteiger partial charge in [0.15, 0.2) is 0 Å². The van der Waals surface area contributed by atoms with Crippen LogP contribution in [0.2, 0.25) is 0 Å². The standard InChI is InChI=1S/C15H18P/c1-2-4-8-12(7-3-1)15-14-10-6-5-9-13(14)11-16-15/h5-6,9-12H,1-4,7-8H2. The molecule has 1 heterocycles. The van der Waals surface area contributed by atoms with E-state index >= 15 is 0 Å². The minimum atomic E-state index is 0.865. The summed E-state index contributed by atoms with van der Waals surface area (Å²) in [6, 6.07) is 8.91. The highest BCUT2D eigenvalue weighted by Crippen LogP contribution is 2.40. The first-order valence-electron chi connectivity index (χ1n) is 6.45. The van der Waals surface area contributed by atoms with Crippen LogP contribution in [0.5, 0.6) is 0 Å². The van der Waals surface area contributed by atoms with Crippen molar-refractivity contribution in [2.45, 2.75) is 38.5 Å². The Balaban J connectivity index is 1.99. The summed E-state index contributed by atoms with van der Waals surface area (Å²) >= 11 is 0. The summed E-state index contributed by atoms with van der Waals surface area (Å²) in [5.41, 5.74) is 0. The zero-order chi connectivity index (χ0) is 10.8. The second-order valence-electron chi connectivity index (χ2n) is 4.92. The van der Waals surface area contributed by atoms with Crippen molar-refractivity contribution in [3.8, 4) is 0 Å². The van der Waals surface area contributed by atoms with Crippen LogP contribution in [-0.4, -0.2) is 0 Å². The van der Waals surface area contributed by atoms with E-state index in [1.807, 2.05) is 0 Å². The Bertz CT molecular complexity index is 478. The molecule has 2 aliphatic rings. The van der Waals surface area contributed by atoms with Gasteiger partial charge in [-0.05, 0) is 48.9 Å². The number of benzene rings is 1. The lowest BCUT2D eigenvalue weighted by Crippen LogP contribution is -2.23. The minimum absolute atomic E-state index is 0.865. The summed E-state index contributed by atoms with van der Waals surface area (Å²) in [7, 11) is 1.47. The van der Waals surface area contributed by atoms with Gasteiger partial charge in [-0.2, -0.15) is 0 Å². The van der Waals surface area contributed by atoms with Crippen LogP contribution in [0.1, 0.15) is 38.5 Å². The van der Waals surface area contributed by atoms with Gasteiger partial charge in [0.25, 0.3) is 0 Å². The average molecular weight is 229 g/mol. The zero-order valence-electron chi connectivity index (χ0n) is 9.65. The van der Waals surface area contributed by atoms with E-state index in [0.717, 1.165) is 5.92 Å². The lowest BCUT2D eigenvalue weighted by atomic mass is 9.98. The maximum atomic E-state index is 2.38. The smallest absolute Gasteiger partial charge is 0.0137 e. The van der Waals surface area contributed by atoms with E-state index in [2.05, 4.69) is 30.1 Å². The molecule has 0 bridgehead atoms. The number of fused-ring (bicyclic) bond motifs is 1. The van der Waals surface area contributed by atoms with E-state index in [4.69, 9.17) is 0 Å². The summed E-state index contributed by atoms with van der Waals surface area (Å²) < 4.78 is 0. The third-order valence-electron chi connectivity index (χ3n) is 3.82. The van der Waals surface area contributed by atoms with Gasteiger partial charge >= 0.3 is 0 Å². The van der Waals surface area contributed by atoms with Crippen molar-refractivity contribution < 1.29 is 0 Å². The Morgan fingerprint density at radius 3 is 2.50 bits per heavy atom. The molecule has 0 nitrogen and oxygen atoms in total. The van der Waals surface area contributed by atoms with Gasteiger partial charge in [0.1, 0.15) is 0 Å². The van der Waals surface area contributed by atoms with E-state index in [1.54, 1.807) is 5.31 Å². The van der Waals surface area contributed by atoms with Gasteiger partial charge in [0.2, 0.25) is 0 Å². The Morgan fingerprint density at radius 2 is 1.69 bits per heavy atom. The normalized spacial score (nSPS) is 22.9. The molecule has 0 amide bonds. The fourth-order valence-corrected chi connectivity index (χ4v) is 4.24. The van der Waals surface area contributed by atoms with Crippen LogP contribution in [0, 0.1) is 5.92 Å². The third-order valence-corrected chi connectivity index (χ3v) is 5.11. The molecule has 1 aliphatic carbocycles. The summed E-state index contributed by atoms with van der Waals surface area (Å²) in [6.07, 6.45) is 8.62. The summed E-state index contributed by atoms with van der Waals surface area (Å²) in [5, 5.41) is 4.71. The van der Waals surface area contributed by atoms with E-state index in [1.165, 1.54) is 57.5 Å². The molecule has 0 N–H and O–H groups in total. The molecule has 0 atom stereocenters. The molecule has 1 aromatic rings. The predicted molar refractivity (Wildman–Crippen MR) is 71.7 cm³/mol. The number of rotatable bonds is 1. The van der Waals surface area contributed by atoms with E-state index < -0.39 is 0 Å². The lowest BCUT2D eigenvalue weighted by Gasteiger charge is -2.15. The molecule has 16 heavy (non-hydrogen) atoms. The largest absolute Gasteiger partial charge is 0.0616 e. The maximum absolute atomic E-state index is 2.38. The molecule has 1 heteroatoms. The fraction of sp³-hybridized carbons (Fsp3) is 0.467. The highest BCUT2D eigenvalue weighted by Gasteiger charge is 2.19. The summed E-state index contributed by atoms with van der Waals surface area (Å²) in [6.45, 7) is 0. The first-order valence-corrected chi connectivity index (χ1v) is 7.42. The molecular formula is C15H18P. The first-order chi connectivity index (χ1) is 7.95. The molecule has 1 saturated carbocycles. The van der Waals surface area contributed by atoms with Crippen molar-refractivity contribution in [2.24, 2.45) is 5.92 Å². The highest BCUT2D eigenvalue weighted by atomic mass is 31.1. The molecule has 0 saturated heterocycles. The molecule has 1 fully saturated rings. The van der Waals surface area contributed by atoms with Crippen LogP contribution in [0.25, 0.3) is 11.1 Å². The van der Waals surface area contributed by atoms with Gasteiger partial charge in [-0.15, -0.1) is 0 Å². The molecule has 1 radical (unpaired) electrons.